The van der Waals surface area contributed by atoms with Crippen molar-refractivity contribution < 1.29 is 13.6 Å². The molecule has 0 bridgehead atoms. The van der Waals surface area contributed by atoms with Gasteiger partial charge in [0.2, 0.25) is 0 Å². The van der Waals surface area contributed by atoms with Gasteiger partial charge in [-0.2, -0.15) is 0 Å². The summed E-state index contributed by atoms with van der Waals surface area (Å²) in [6, 6.07) is 8.79. The number of benzene rings is 1. The Labute approximate surface area is 120 Å². The lowest BCUT2D eigenvalue weighted by atomic mass is 10.2. The maximum Gasteiger partial charge on any atom is 0.420 e. The molecule has 0 saturated carbocycles. The van der Waals surface area contributed by atoms with Crippen LogP contribution in [0.1, 0.15) is 16.1 Å². The van der Waals surface area contributed by atoms with Crippen LogP contribution >= 0.6 is 0 Å². The van der Waals surface area contributed by atoms with Crippen molar-refractivity contribution >= 4 is 17.0 Å². The van der Waals surface area contributed by atoms with Gasteiger partial charge >= 0.3 is 5.76 Å². The summed E-state index contributed by atoms with van der Waals surface area (Å²) in [6.07, 6.45) is 1.44. The smallest absolute Gasteiger partial charge is 0.420 e. The molecule has 0 aliphatic carbocycles. The first-order chi connectivity index (χ1) is 10.1. The highest BCUT2D eigenvalue weighted by Gasteiger charge is 2.11. The molecule has 0 radical (unpaired) electrons. The molecule has 0 atom stereocenters. The molecule has 0 saturated heterocycles. The number of aryl methyl sites for hydroxylation is 1. The molecule has 3 rings (SSSR count). The normalized spacial score (nSPS) is 10.9. The first-order valence-corrected chi connectivity index (χ1v) is 6.57. The Morgan fingerprint density at radius 2 is 2.19 bits per heavy atom. The number of hydrogen-bond donors (Lipinski definition) is 1. The quantitative estimate of drug-likeness (QED) is 0.795. The van der Waals surface area contributed by atoms with Crippen LogP contribution in [-0.4, -0.2) is 17.0 Å². The van der Waals surface area contributed by atoms with E-state index in [2.05, 4.69) is 5.32 Å². The van der Waals surface area contributed by atoms with Gasteiger partial charge in [0.25, 0.3) is 5.91 Å². The van der Waals surface area contributed by atoms with Crippen LogP contribution in [0.15, 0.2) is 50.2 Å². The first kappa shape index (κ1) is 13.2. The molecule has 1 amide bonds. The number of rotatable bonds is 4. The molecule has 2 aromatic heterocycles. The summed E-state index contributed by atoms with van der Waals surface area (Å²) in [4.78, 5) is 23.5. The highest BCUT2D eigenvalue weighted by molar-refractivity contribution is 5.91. The second-order valence-corrected chi connectivity index (χ2v) is 4.72. The van der Waals surface area contributed by atoms with E-state index in [1.54, 1.807) is 12.1 Å². The van der Waals surface area contributed by atoms with E-state index in [0.717, 1.165) is 11.1 Å². The van der Waals surface area contributed by atoms with Crippen LogP contribution in [0.2, 0.25) is 0 Å². The van der Waals surface area contributed by atoms with Gasteiger partial charge in [-0.05, 0) is 36.8 Å². The number of carbonyl (C=O) groups excluding carboxylic acids is 1. The highest BCUT2D eigenvalue weighted by Crippen LogP contribution is 2.14. The Morgan fingerprint density at radius 1 is 1.33 bits per heavy atom. The minimum atomic E-state index is -0.428. The predicted octanol–water partition coefficient (Wildman–Crippen LogP) is 1.93. The van der Waals surface area contributed by atoms with Crippen molar-refractivity contribution in [2.45, 2.75) is 13.5 Å². The summed E-state index contributed by atoms with van der Waals surface area (Å²) < 4.78 is 11.7. The average Bonchev–Trinajstić information content (AvgIpc) is 3.07. The van der Waals surface area contributed by atoms with E-state index >= 15 is 0 Å². The predicted molar refractivity (Wildman–Crippen MR) is 76.3 cm³/mol. The topological polar surface area (TPSA) is 77.4 Å². The van der Waals surface area contributed by atoms with Crippen molar-refractivity contribution in [1.82, 2.24) is 9.88 Å². The lowest BCUT2D eigenvalue weighted by molar-refractivity contribution is 0.0924. The Kier molecular flexibility index (Phi) is 3.35. The fourth-order valence-corrected chi connectivity index (χ4v) is 2.16. The maximum atomic E-state index is 11.8. The number of oxazole rings is 1. The standard InChI is InChI=1S/C15H14N2O4/c1-10-4-5-11-13(9-10)21-15(19)17(11)7-6-16-14(18)12-3-2-8-20-12/h2-5,8-9H,6-7H2,1H3,(H,16,18). The largest absolute Gasteiger partial charge is 0.459 e. The second-order valence-electron chi connectivity index (χ2n) is 4.72. The zero-order chi connectivity index (χ0) is 14.8. The van der Waals surface area contributed by atoms with Gasteiger partial charge in [-0.3, -0.25) is 9.36 Å². The SMILES string of the molecule is Cc1ccc2c(c1)oc(=O)n2CCNC(=O)c1ccco1. The summed E-state index contributed by atoms with van der Waals surface area (Å²) in [7, 11) is 0. The number of nitrogens with one attached hydrogen (secondary N) is 1. The Balaban J connectivity index is 1.72. The minimum Gasteiger partial charge on any atom is -0.459 e. The molecule has 1 N–H and O–H groups in total. The number of amides is 1. The lowest BCUT2D eigenvalue weighted by Crippen LogP contribution is -2.29. The van der Waals surface area contributed by atoms with Crippen LogP contribution in [0.4, 0.5) is 0 Å². The van der Waals surface area contributed by atoms with Gasteiger partial charge in [0, 0.05) is 13.1 Å². The Bertz CT molecular complexity index is 827. The van der Waals surface area contributed by atoms with E-state index in [1.807, 2.05) is 25.1 Å². The van der Waals surface area contributed by atoms with Crippen LogP contribution in [0.25, 0.3) is 11.1 Å². The molecule has 6 heteroatoms. The molecule has 0 aliphatic heterocycles. The van der Waals surface area contributed by atoms with Crippen molar-refractivity contribution in [3.63, 3.8) is 0 Å². The molecule has 6 nitrogen and oxygen atoms in total. The van der Waals surface area contributed by atoms with Gasteiger partial charge in [0.1, 0.15) is 0 Å². The van der Waals surface area contributed by atoms with Gasteiger partial charge in [-0.15, -0.1) is 0 Å². The van der Waals surface area contributed by atoms with Crippen LogP contribution < -0.4 is 11.1 Å². The minimum absolute atomic E-state index is 0.245. The number of furan rings is 1. The fraction of sp³-hybridized carbons (Fsp3) is 0.200. The van der Waals surface area contributed by atoms with Crippen LogP contribution in [0.3, 0.4) is 0 Å². The Hall–Kier alpha value is -2.76. The third-order valence-corrected chi connectivity index (χ3v) is 3.19. The van der Waals surface area contributed by atoms with Gasteiger partial charge in [0.15, 0.2) is 11.3 Å². The van der Waals surface area contributed by atoms with Gasteiger partial charge < -0.3 is 14.2 Å². The van der Waals surface area contributed by atoms with Gasteiger partial charge in [-0.25, -0.2) is 4.79 Å². The van der Waals surface area contributed by atoms with E-state index in [1.165, 1.54) is 10.8 Å². The second kappa shape index (κ2) is 5.32. The third kappa shape index (κ3) is 2.60. The molecule has 0 unspecified atom stereocenters. The van der Waals surface area contributed by atoms with Gasteiger partial charge in [0.05, 0.1) is 11.8 Å². The van der Waals surface area contributed by atoms with E-state index in [4.69, 9.17) is 8.83 Å². The summed E-state index contributed by atoms with van der Waals surface area (Å²) in [6.45, 7) is 2.57. The fourth-order valence-electron chi connectivity index (χ4n) is 2.16. The number of hydrogen-bond acceptors (Lipinski definition) is 4. The molecule has 2 heterocycles. The van der Waals surface area contributed by atoms with Crippen molar-refractivity contribution in [3.8, 4) is 0 Å². The van der Waals surface area contributed by atoms with Crippen molar-refractivity contribution in [1.29, 1.82) is 0 Å². The highest BCUT2D eigenvalue weighted by atomic mass is 16.4. The summed E-state index contributed by atoms with van der Waals surface area (Å²) in [5.74, 6) is -0.491. The maximum absolute atomic E-state index is 11.8. The molecule has 3 aromatic rings. The summed E-state index contributed by atoms with van der Waals surface area (Å²) in [5, 5.41) is 2.69. The van der Waals surface area contributed by atoms with Crippen LogP contribution in [0, 0.1) is 6.92 Å². The number of fused-ring (bicyclic) bond motifs is 1. The van der Waals surface area contributed by atoms with Crippen LogP contribution in [0.5, 0.6) is 0 Å². The third-order valence-electron chi connectivity index (χ3n) is 3.19. The van der Waals surface area contributed by atoms with Crippen molar-refractivity contribution in [3.05, 3.63) is 58.5 Å². The monoisotopic (exact) mass is 286 g/mol. The van der Waals surface area contributed by atoms with E-state index in [0.29, 0.717) is 18.7 Å². The van der Waals surface area contributed by atoms with Gasteiger partial charge in [-0.1, -0.05) is 6.07 Å². The van der Waals surface area contributed by atoms with Crippen LogP contribution in [-0.2, 0) is 6.54 Å². The number of nitrogens with zero attached hydrogens (tertiary/aromatic N) is 1. The molecular weight excluding hydrogens is 272 g/mol. The summed E-state index contributed by atoms with van der Waals surface area (Å²) >= 11 is 0. The zero-order valence-electron chi connectivity index (χ0n) is 11.5. The molecule has 1 aromatic carbocycles. The molecule has 0 fully saturated rings. The molecule has 0 spiro atoms. The van der Waals surface area contributed by atoms with E-state index in [-0.39, 0.29) is 11.7 Å². The van der Waals surface area contributed by atoms with Crippen molar-refractivity contribution in [2.75, 3.05) is 6.54 Å². The Morgan fingerprint density at radius 3 is 2.95 bits per heavy atom. The number of aromatic nitrogens is 1. The summed E-state index contributed by atoms with van der Waals surface area (Å²) in [5.41, 5.74) is 2.30. The van der Waals surface area contributed by atoms with E-state index < -0.39 is 5.76 Å². The molecule has 21 heavy (non-hydrogen) atoms. The zero-order valence-corrected chi connectivity index (χ0v) is 11.5. The first-order valence-electron chi connectivity index (χ1n) is 6.57. The average molecular weight is 286 g/mol. The lowest BCUT2D eigenvalue weighted by Gasteiger charge is -2.04. The van der Waals surface area contributed by atoms with Crippen molar-refractivity contribution in [2.24, 2.45) is 0 Å². The molecular formula is C15H14N2O4. The molecule has 0 aliphatic rings. The van der Waals surface area contributed by atoms with E-state index in [9.17, 15) is 9.59 Å². The number of carbonyl (C=O) groups is 1. The molecule has 108 valence electrons.